The summed E-state index contributed by atoms with van der Waals surface area (Å²) in [4.78, 5) is 15.8. The van der Waals surface area contributed by atoms with Crippen LogP contribution in [-0.2, 0) is 6.54 Å². The van der Waals surface area contributed by atoms with Crippen molar-refractivity contribution in [1.29, 1.82) is 0 Å². The van der Waals surface area contributed by atoms with Gasteiger partial charge < -0.3 is 9.84 Å². The highest BCUT2D eigenvalue weighted by Crippen LogP contribution is 2.31. The molecule has 0 radical (unpaired) electrons. The zero-order valence-corrected chi connectivity index (χ0v) is 15.4. The van der Waals surface area contributed by atoms with Gasteiger partial charge in [0.25, 0.3) is 0 Å². The van der Waals surface area contributed by atoms with Crippen LogP contribution >= 0.6 is 0 Å². The van der Waals surface area contributed by atoms with E-state index in [1.165, 1.54) is 12.8 Å². The largest absolute Gasteiger partial charge is 0.354 e. The fourth-order valence-electron chi connectivity index (χ4n) is 3.08. The van der Waals surface area contributed by atoms with Gasteiger partial charge in [0.1, 0.15) is 0 Å². The first-order valence-corrected chi connectivity index (χ1v) is 9.29. The molecule has 1 saturated heterocycles. The normalized spacial score (nSPS) is 18.6. The summed E-state index contributed by atoms with van der Waals surface area (Å²) in [7, 11) is 0. The van der Waals surface area contributed by atoms with Gasteiger partial charge in [-0.05, 0) is 25.8 Å². The molecule has 7 nitrogen and oxygen atoms in total. The second-order valence-corrected chi connectivity index (χ2v) is 6.97. The third-order valence-electron chi connectivity index (χ3n) is 4.50. The second kappa shape index (κ2) is 8.38. The minimum Gasteiger partial charge on any atom is -0.354 e. The first-order chi connectivity index (χ1) is 12.2. The fourth-order valence-corrected chi connectivity index (χ4v) is 3.08. The molecule has 0 bridgehead atoms. The van der Waals surface area contributed by atoms with Crippen LogP contribution in [0.1, 0.15) is 75.7 Å². The predicted octanol–water partition coefficient (Wildman–Crippen LogP) is 3.53. The van der Waals surface area contributed by atoms with Crippen molar-refractivity contribution in [3.05, 3.63) is 29.7 Å². The lowest BCUT2D eigenvalue weighted by molar-refractivity contribution is 0.111. The van der Waals surface area contributed by atoms with E-state index >= 15 is 0 Å². The van der Waals surface area contributed by atoms with Gasteiger partial charge in [0.15, 0.2) is 5.82 Å². The summed E-state index contributed by atoms with van der Waals surface area (Å²) in [6.07, 6.45) is 8.31. The van der Waals surface area contributed by atoms with Gasteiger partial charge in [0.05, 0.1) is 6.04 Å². The number of rotatable bonds is 7. The molecule has 3 rings (SSSR count). The van der Waals surface area contributed by atoms with Crippen LogP contribution in [0.2, 0.25) is 0 Å². The lowest BCUT2D eigenvalue weighted by Crippen LogP contribution is -2.33. The zero-order chi connectivity index (χ0) is 17.6. The quantitative estimate of drug-likeness (QED) is 0.823. The Kier molecular flexibility index (Phi) is 5.96. The third-order valence-corrected chi connectivity index (χ3v) is 4.50. The standard InChI is InChI=1S/C18H28N6O/c1-4-8-19-18-20-10-14(11-21-18)12-24-9-6-5-7-15(24)17-22-16(13(2)3)23-25-17/h10-11,13,15H,4-9,12H2,1-3H3,(H,19,20,21). The number of anilines is 1. The molecule has 2 aromatic rings. The van der Waals surface area contributed by atoms with Crippen molar-refractivity contribution in [3.8, 4) is 0 Å². The Morgan fingerprint density at radius 3 is 2.76 bits per heavy atom. The molecule has 0 aliphatic carbocycles. The monoisotopic (exact) mass is 344 g/mol. The molecule has 0 spiro atoms. The predicted molar refractivity (Wildman–Crippen MR) is 96.2 cm³/mol. The van der Waals surface area contributed by atoms with E-state index in [4.69, 9.17) is 4.52 Å². The van der Waals surface area contributed by atoms with Gasteiger partial charge in [-0.3, -0.25) is 4.90 Å². The Hall–Kier alpha value is -2.02. The zero-order valence-electron chi connectivity index (χ0n) is 15.4. The van der Waals surface area contributed by atoms with Gasteiger partial charge in [0, 0.05) is 37.0 Å². The van der Waals surface area contributed by atoms with Gasteiger partial charge in [-0.25, -0.2) is 9.97 Å². The Labute approximate surface area is 149 Å². The highest BCUT2D eigenvalue weighted by molar-refractivity contribution is 5.24. The summed E-state index contributed by atoms with van der Waals surface area (Å²) < 4.78 is 5.55. The van der Waals surface area contributed by atoms with Crippen molar-refractivity contribution < 1.29 is 4.52 Å². The molecular weight excluding hydrogens is 316 g/mol. The molecule has 0 saturated carbocycles. The van der Waals surface area contributed by atoms with Crippen molar-refractivity contribution in [3.63, 3.8) is 0 Å². The van der Waals surface area contributed by atoms with Gasteiger partial charge >= 0.3 is 0 Å². The van der Waals surface area contributed by atoms with Crippen molar-refractivity contribution >= 4 is 5.95 Å². The molecule has 2 aromatic heterocycles. The van der Waals surface area contributed by atoms with E-state index in [1.54, 1.807) is 0 Å². The molecule has 3 heterocycles. The summed E-state index contributed by atoms with van der Waals surface area (Å²) in [5.41, 5.74) is 1.11. The highest BCUT2D eigenvalue weighted by Gasteiger charge is 2.29. The van der Waals surface area contributed by atoms with Crippen LogP contribution in [0.4, 0.5) is 5.95 Å². The molecule has 0 aromatic carbocycles. The lowest BCUT2D eigenvalue weighted by Gasteiger charge is -2.33. The molecule has 0 amide bonds. The van der Waals surface area contributed by atoms with E-state index < -0.39 is 0 Å². The van der Waals surface area contributed by atoms with Crippen LogP contribution in [-0.4, -0.2) is 38.1 Å². The van der Waals surface area contributed by atoms with Crippen molar-refractivity contribution in [1.82, 2.24) is 25.0 Å². The summed E-state index contributed by atoms with van der Waals surface area (Å²) in [5, 5.41) is 7.33. The van der Waals surface area contributed by atoms with Crippen molar-refractivity contribution in [2.45, 2.75) is 65.0 Å². The van der Waals surface area contributed by atoms with Crippen LogP contribution in [0, 0.1) is 0 Å². The number of likely N-dealkylation sites (tertiary alicyclic amines) is 1. The molecule has 1 N–H and O–H groups in total. The summed E-state index contributed by atoms with van der Waals surface area (Å²) in [6.45, 7) is 9.01. The molecule has 1 aliphatic rings. The first-order valence-electron chi connectivity index (χ1n) is 9.29. The first kappa shape index (κ1) is 17.8. The lowest BCUT2D eigenvalue weighted by atomic mass is 10.0. The SMILES string of the molecule is CCCNc1ncc(CN2CCCCC2c2nc(C(C)C)no2)cn1. The second-order valence-electron chi connectivity index (χ2n) is 6.97. The van der Waals surface area contributed by atoms with Crippen LogP contribution < -0.4 is 5.32 Å². The number of nitrogens with zero attached hydrogens (tertiary/aromatic N) is 5. The Morgan fingerprint density at radius 1 is 1.28 bits per heavy atom. The fraction of sp³-hybridized carbons (Fsp3) is 0.667. The third kappa shape index (κ3) is 4.54. The van der Waals surface area contributed by atoms with Gasteiger partial charge in [-0.15, -0.1) is 0 Å². The number of hydrogen-bond acceptors (Lipinski definition) is 7. The molecule has 1 unspecified atom stereocenters. The van der Waals surface area contributed by atoms with E-state index in [2.05, 4.69) is 51.1 Å². The Bertz CT molecular complexity index is 654. The van der Waals surface area contributed by atoms with Crippen LogP contribution in [0.25, 0.3) is 0 Å². The molecule has 1 aliphatic heterocycles. The Morgan fingerprint density at radius 2 is 2.08 bits per heavy atom. The van der Waals surface area contributed by atoms with Crippen LogP contribution in [0.3, 0.4) is 0 Å². The van der Waals surface area contributed by atoms with Gasteiger partial charge in [-0.2, -0.15) is 4.98 Å². The number of nitrogens with one attached hydrogen (secondary N) is 1. The number of piperidine rings is 1. The van der Waals surface area contributed by atoms with E-state index in [9.17, 15) is 0 Å². The maximum Gasteiger partial charge on any atom is 0.244 e. The minimum atomic E-state index is 0.187. The van der Waals surface area contributed by atoms with E-state index in [1.807, 2.05) is 12.4 Å². The summed E-state index contributed by atoms with van der Waals surface area (Å²) >= 11 is 0. The summed E-state index contributed by atoms with van der Waals surface area (Å²) in [5.74, 6) is 2.51. The van der Waals surface area contributed by atoms with Gasteiger partial charge in [-0.1, -0.05) is 32.3 Å². The van der Waals surface area contributed by atoms with Crippen LogP contribution in [0.15, 0.2) is 16.9 Å². The molecule has 1 fully saturated rings. The molecule has 25 heavy (non-hydrogen) atoms. The minimum absolute atomic E-state index is 0.187. The number of hydrogen-bond donors (Lipinski definition) is 1. The highest BCUT2D eigenvalue weighted by atomic mass is 16.5. The van der Waals surface area contributed by atoms with Gasteiger partial charge in [0.2, 0.25) is 11.8 Å². The summed E-state index contributed by atoms with van der Waals surface area (Å²) in [6, 6.07) is 0.187. The van der Waals surface area contributed by atoms with Crippen LogP contribution in [0.5, 0.6) is 0 Å². The molecule has 7 heteroatoms. The van der Waals surface area contributed by atoms with Crippen molar-refractivity contribution in [2.24, 2.45) is 0 Å². The topological polar surface area (TPSA) is 80.0 Å². The number of aromatic nitrogens is 4. The van der Waals surface area contributed by atoms with E-state index in [0.29, 0.717) is 5.95 Å². The van der Waals surface area contributed by atoms with E-state index in [0.717, 1.165) is 49.8 Å². The molecular formula is C18H28N6O. The average molecular weight is 344 g/mol. The maximum absolute atomic E-state index is 5.55. The maximum atomic E-state index is 5.55. The smallest absolute Gasteiger partial charge is 0.244 e. The van der Waals surface area contributed by atoms with Crippen molar-refractivity contribution in [2.75, 3.05) is 18.4 Å². The van der Waals surface area contributed by atoms with E-state index in [-0.39, 0.29) is 12.0 Å². The average Bonchev–Trinajstić information content (AvgIpc) is 3.12. The molecule has 136 valence electrons. The Balaban J connectivity index is 1.68. The molecule has 1 atom stereocenters.